The van der Waals surface area contributed by atoms with Gasteiger partial charge in [-0.3, -0.25) is 0 Å². The number of hydrogen-bond acceptors (Lipinski definition) is 3. The van der Waals surface area contributed by atoms with Gasteiger partial charge in [-0.2, -0.15) is 0 Å². The van der Waals surface area contributed by atoms with Crippen molar-refractivity contribution >= 4 is 5.69 Å². The lowest BCUT2D eigenvalue weighted by Crippen LogP contribution is -1.94. The summed E-state index contributed by atoms with van der Waals surface area (Å²) < 4.78 is 0. The second-order valence-electron chi connectivity index (χ2n) is 3.86. The molecule has 0 spiro atoms. The predicted octanol–water partition coefficient (Wildman–Crippen LogP) is 3.20. The molecular weight excluding hydrogens is 210 g/mol. The van der Waals surface area contributed by atoms with Crippen LogP contribution in [0, 0.1) is 17.7 Å². The van der Waals surface area contributed by atoms with Gasteiger partial charge < -0.3 is 5.73 Å². The maximum Gasteiger partial charge on any atom is 0.0349 e. The van der Waals surface area contributed by atoms with Crippen molar-refractivity contribution in [1.29, 1.82) is 10.8 Å². The maximum absolute atomic E-state index is 6.00. The van der Waals surface area contributed by atoms with Crippen LogP contribution in [0.2, 0.25) is 0 Å². The van der Waals surface area contributed by atoms with E-state index in [0.29, 0.717) is 0 Å². The zero-order chi connectivity index (χ0) is 12.7. The second-order valence-corrected chi connectivity index (χ2v) is 3.86. The Morgan fingerprint density at radius 2 is 1.53 bits per heavy atom. The van der Waals surface area contributed by atoms with Crippen LogP contribution in [0.1, 0.15) is 16.7 Å². The minimum absolute atomic E-state index is 0.873. The highest BCUT2D eigenvalue weighted by atomic mass is 14.6. The van der Waals surface area contributed by atoms with Crippen molar-refractivity contribution in [3.63, 3.8) is 0 Å². The number of nitrogens with zero attached hydrogens (tertiary/aromatic N) is 2. The Kier molecular flexibility index (Phi) is 4.71. The third-order valence-corrected chi connectivity index (χ3v) is 2.57. The van der Waals surface area contributed by atoms with Crippen molar-refractivity contribution in [1.82, 2.24) is 0 Å². The Balaban J connectivity index is 0.000000686. The van der Waals surface area contributed by atoms with Crippen LogP contribution in [0.5, 0.6) is 0 Å². The second kappa shape index (κ2) is 6.29. The van der Waals surface area contributed by atoms with E-state index in [2.05, 4.69) is 37.3 Å². The Morgan fingerprint density at radius 1 is 0.941 bits per heavy atom. The lowest BCUT2D eigenvalue weighted by molar-refractivity contribution is 1.15. The minimum Gasteiger partial charge on any atom is -0.398 e. The van der Waals surface area contributed by atoms with Crippen molar-refractivity contribution in [2.24, 2.45) is 0 Å². The predicted molar refractivity (Wildman–Crippen MR) is 68.3 cm³/mol. The van der Waals surface area contributed by atoms with Gasteiger partial charge in [0.1, 0.15) is 0 Å². The molecule has 0 aliphatic rings. The molecule has 0 aliphatic heterocycles. The molecule has 0 heterocycles. The Bertz CT molecular complexity index is 486. The van der Waals surface area contributed by atoms with E-state index >= 15 is 0 Å². The highest BCUT2D eigenvalue weighted by molar-refractivity contribution is 5.48. The summed E-state index contributed by atoms with van der Waals surface area (Å²) in [5.41, 5.74) is 10.6. The molecule has 0 saturated heterocycles. The maximum atomic E-state index is 6.00. The van der Waals surface area contributed by atoms with Crippen molar-refractivity contribution in [3.05, 3.63) is 65.2 Å². The van der Waals surface area contributed by atoms with Crippen molar-refractivity contribution < 1.29 is 0 Å². The summed E-state index contributed by atoms with van der Waals surface area (Å²) in [5, 5.41) is 12.0. The third-order valence-electron chi connectivity index (χ3n) is 2.57. The molecule has 0 fully saturated rings. The van der Waals surface area contributed by atoms with E-state index in [1.165, 1.54) is 16.7 Å². The largest absolute Gasteiger partial charge is 0.398 e. The summed E-state index contributed by atoms with van der Waals surface area (Å²) >= 11 is 0. The number of hydrogen-bond donors (Lipinski definition) is 1. The fraction of sp³-hybridized carbons (Fsp3) is 0.143. The molecule has 3 nitrogen and oxygen atoms in total. The van der Waals surface area contributed by atoms with E-state index in [-0.39, 0.29) is 0 Å². The normalized spacial score (nSPS) is 9.12. The SMILES string of the molecule is Cc1ccc(Cc2ccccc2N)cc1.N#N. The molecule has 2 rings (SSSR count). The highest BCUT2D eigenvalue weighted by Gasteiger charge is 1.99. The summed E-state index contributed by atoms with van der Waals surface area (Å²) in [4.78, 5) is 0. The molecule has 17 heavy (non-hydrogen) atoms. The van der Waals surface area contributed by atoms with E-state index in [9.17, 15) is 0 Å². The van der Waals surface area contributed by atoms with E-state index in [1.807, 2.05) is 18.2 Å². The van der Waals surface area contributed by atoms with E-state index < -0.39 is 0 Å². The molecule has 0 aliphatic carbocycles. The highest BCUT2D eigenvalue weighted by Crippen LogP contribution is 2.16. The van der Waals surface area contributed by atoms with Crippen LogP contribution in [0.4, 0.5) is 5.69 Å². The van der Waals surface area contributed by atoms with E-state index in [0.717, 1.165) is 12.1 Å². The van der Waals surface area contributed by atoms with Crippen molar-refractivity contribution in [2.45, 2.75) is 13.3 Å². The van der Waals surface area contributed by atoms with Crippen LogP contribution in [-0.2, 0) is 6.42 Å². The van der Waals surface area contributed by atoms with Crippen LogP contribution in [-0.4, -0.2) is 0 Å². The average molecular weight is 225 g/mol. The minimum atomic E-state index is 0.873. The number of para-hydroxylation sites is 1. The van der Waals surface area contributed by atoms with Crippen molar-refractivity contribution in [2.75, 3.05) is 5.73 Å². The molecule has 0 radical (unpaired) electrons. The van der Waals surface area contributed by atoms with E-state index in [4.69, 9.17) is 16.5 Å². The molecule has 86 valence electrons. The zero-order valence-corrected chi connectivity index (χ0v) is 9.80. The number of nitrogens with two attached hydrogens (primary N) is 1. The van der Waals surface area contributed by atoms with Crippen LogP contribution in [0.25, 0.3) is 0 Å². The smallest absolute Gasteiger partial charge is 0.0349 e. The van der Waals surface area contributed by atoms with Crippen LogP contribution in [0.15, 0.2) is 48.5 Å². The van der Waals surface area contributed by atoms with Gasteiger partial charge in [-0.05, 0) is 30.5 Å². The summed E-state index contributed by atoms with van der Waals surface area (Å²) in [6, 6.07) is 16.6. The molecular formula is C14H15N3. The quantitative estimate of drug-likeness (QED) is 0.630. The first kappa shape index (κ1) is 12.7. The summed E-state index contributed by atoms with van der Waals surface area (Å²) in [7, 11) is 0. The van der Waals surface area contributed by atoms with Gasteiger partial charge >= 0.3 is 0 Å². The molecule has 2 aromatic rings. The number of benzene rings is 2. The fourth-order valence-corrected chi connectivity index (χ4v) is 1.62. The lowest BCUT2D eigenvalue weighted by atomic mass is 10.0. The molecule has 2 aromatic carbocycles. The number of aryl methyl sites for hydroxylation is 1. The first-order valence-corrected chi connectivity index (χ1v) is 5.34. The molecule has 3 heteroatoms. The molecule has 2 N–H and O–H groups in total. The van der Waals surface area contributed by atoms with Gasteiger partial charge in [-0.25, -0.2) is 0 Å². The van der Waals surface area contributed by atoms with Gasteiger partial charge in [-0.1, -0.05) is 48.0 Å². The summed E-state index contributed by atoms with van der Waals surface area (Å²) in [6.45, 7) is 2.10. The number of rotatable bonds is 2. The number of nitrogen functional groups attached to an aromatic ring is 1. The van der Waals surface area contributed by atoms with Crippen LogP contribution >= 0.6 is 0 Å². The monoisotopic (exact) mass is 225 g/mol. The molecule has 0 bridgehead atoms. The molecule has 0 atom stereocenters. The fourth-order valence-electron chi connectivity index (χ4n) is 1.62. The van der Waals surface area contributed by atoms with Gasteiger partial charge in [0.15, 0.2) is 0 Å². The molecule has 0 saturated carbocycles. The molecule has 0 aromatic heterocycles. The third kappa shape index (κ3) is 3.62. The molecule has 0 unspecified atom stereocenters. The van der Waals surface area contributed by atoms with Gasteiger partial charge in [-0.15, -0.1) is 0 Å². The van der Waals surface area contributed by atoms with E-state index in [1.54, 1.807) is 0 Å². The van der Waals surface area contributed by atoms with Gasteiger partial charge in [0.25, 0.3) is 0 Å². The van der Waals surface area contributed by atoms with Crippen molar-refractivity contribution in [3.8, 4) is 0 Å². The zero-order valence-electron chi connectivity index (χ0n) is 9.80. The topological polar surface area (TPSA) is 73.6 Å². The van der Waals surface area contributed by atoms with Gasteiger partial charge in [0.2, 0.25) is 0 Å². The standard InChI is InChI=1S/C14H15N.N2/c1-11-6-8-12(9-7-11)10-13-4-2-3-5-14(13)15;1-2/h2-9H,10,15H2,1H3;. The van der Waals surface area contributed by atoms with Gasteiger partial charge in [0.05, 0.1) is 0 Å². The number of anilines is 1. The Hall–Kier alpha value is -2.34. The first-order chi connectivity index (χ1) is 8.25. The van der Waals surface area contributed by atoms with Crippen LogP contribution < -0.4 is 5.73 Å². The lowest BCUT2D eigenvalue weighted by Gasteiger charge is -2.05. The first-order valence-electron chi connectivity index (χ1n) is 5.34. The summed E-state index contributed by atoms with van der Waals surface area (Å²) in [6.07, 6.45) is 0.910. The Morgan fingerprint density at radius 3 is 2.12 bits per heavy atom. The summed E-state index contributed by atoms with van der Waals surface area (Å²) in [5.74, 6) is 0. The average Bonchev–Trinajstić information content (AvgIpc) is 2.37. The molecule has 0 amide bonds. The Labute approximate surface area is 101 Å². The van der Waals surface area contributed by atoms with Gasteiger partial charge in [0, 0.05) is 16.5 Å². The van der Waals surface area contributed by atoms with Crippen LogP contribution in [0.3, 0.4) is 0 Å².